The maximum Gasteiger partial charge on any atom is 0.128 e. The van der Waals surface area contributed by atoms with Crippen molar-refractivity contribution >= 4 is 0 Å². The standard InChI is InChI=1S/C14H15N3O2/c1-2-19-14-7-11(3-4-12(14)10-18)13-8-16-17(9-13)6-5-15/h3-4,7-9,18H,2,6,10H2,1H3. The van der Waals surface area contributed by atoms with Gasteiger partial charge in [0.25, 0.3) is 0 Å². The molecular formula is C14H15N3O2. The number of aliphatic hydroxyl groups excluding tert-OH is 1. The number of ether oxygens (including phenoxy) is 1. The Hall–Kier alpha value is -2.32. The van der Waals surface area contributed by atoms with Crippen molar-refractivity contribution in [3.8, 4) is 22.9 Å². The fourth-order valence-corrected chi connectivity index (χ4v) is 1.83. The number of hydrogen-bond donors (Lipinski definition) is 1. The van der Waals surface area contributed by atoms with Crippen LogP contribution in [0.2, 0.25) is 0 Å². The minimum Gasteiger partial charge on any atom is -0.493 e. The molecule has 5 nitrogen and oxygen atoms in total. The quantitative estimate of drug-likeness (QED) is 0.888. The Labute approximate surface area is 111 Å². The highest BCUT2D eigenvalue weighted by Crippen LogP contribution is 2.27. The minimum absolute atomic E-state index is 0.0523. The van der Waals surface area contributed by atoms with E-state index in [0.29, 0.717) is 12.4 Å². The van der Waals surface area contributed by atoms with E-state index in [1.807, 2.05) is 37.4 Å². The second kappa shape index (κ2) is 6.03. The molecule has 0 atom stereocenters. The van der Waals surface area contributed by atoms with E-state index < -0.39 is 0 Å². The van der Waals surface area contributed by atoms with E-state index in [2.05, 4.69) is 5.10 Å². The molecule has 0 aliphatic rings. The van der Waals surface area contributed by atoms with Crippen LogP contribution in [0.25, 0.3) is 11.1 Å². The molecule has 0 spiro atoms. The van der Waals surface area contributed by atoms with Crippen LogP contribution in [0.3, 0.4) is 0 Å². The van der Waals surface area contributed by atoms with Gasteiger partial charge in [-0.2, -0.15) is 10.4 Å². The van der Waals surface area contributed by atoms with Gasteiger partial charge in [-0.15, -0.1) is 0 Å². The van der Waals surface area contributed by atoms with Crippen LogP contribution < -0.4 is 4.74 Å². The van der Waals surface area contributed by atoms with Gasteiger partial charge in [0.05, 0.1) is 25.5 Å². The Morgan fingerprint density at radius 2 is 2.26 bits per heavy atom. The van der Waals surface area contributed by atoms with Gasteiger partial charge in [0.15, 0.2) is 0 Å². The topological polar surface area (TPSA) is 71.1 Å². The summed E-state index contributed by atoms with van der Waals surface area (Å²) in [7, 11) is 0. The zero-order chi connectivity index (χ0) is 13.7. The summed E-state index contributed by atoms with van der Waals surface area (Å²) in [5.41, 5.74) is 2.63. The number of aliphatic hydroxyl groups is 1. The van der Waals surface area contributed by atoms with Crippen LogP contribution in [0.4, 0.5) is 0 Å². The van der Waals surface area contributed by atoms with Crippen molar-refractivity contribution in [2.75, 3.05) is 6.61 Å². The summed E-state index contributed by atoms with van der Waals surface area (Å²) in [6.07, 6.45) is 3.52. The Morgan fingerprint density at radius 3 is 2.95 bits per heavy atom. The van der Waals surface area contributed by atoms with Gasteiger partial charge in [-0.3, -0.25) is 4.68 Å². The van der Waals surface area contributed by atoms with E-state index in [0.717, 1.165) is 16.7 Å². The number of nitriles is 1. The third-order valence-electron chi connectivity index (χ3n) is 2.74. The molecule has 2 rings (SSSR count). The van der Waals surface area contributed by atoms with Crippen LogP contribution in [0, 0.1) is 11.3 Å². The van der Waals surface area contributed by atoms with Crippen molar-refractivity contribution in [2.24, 2.45) is 0 Å². The number of hydrogen-bond acceptors (Lipinski definition) is 4. The van der Waals surface area contributed by atoms with Crippen LogP contribution in [0.1, 0.15) is 12.5 Å². The Bertz CT molecular complexity index is 599. The molecule has 2 aromatic rings. The van der Waals surface area contributed by atoms with Crippen LogP contribution in [0.5, 0.6) is 5.75 Å². The van der Waals surface area contributed by atoms with Crippen molar-refractivity contribution in [2.45, 2.75) is 20.1 Å². The molecule has 0 unspecified atom stereocenters. The normalized spacial score (nSPS) is 10.2. The second-order valence-electron chi connectivity index (χ2n) is 4.00. The van der Waals surface area contributed by atoms with Crippen molar-refractivity contribution in [1.29, 1.82) is 5.26 Å². The first-order valence-electron chi connectivity index (χ1n) is 6.04. The van der Waals surface area contributed by atoms with E-state index in [1.165, 1.54) is 0 Å². The average Bonchev–Trinajstić information content (AvgIpc) is 2.88. The maximum atomic E-state index is 9.25. The summed E-state index contributed by atoms with van der Waals surface area (Å²) in [6, 6.07) is 7.66. The SMILES string of the molecule is CCOc1cc(-c2cnn(CC#N)c2)ccc1CO. The van der Waals surface area contributed by atoms with Crippen molar-refractivity contribution in [1.82, 2.24) is 9.78 Å². The van der Waals surface area contributed by atoms with Gasteiger partial charge in [-0.1, -0.05) is 12.1 Å². The summed E-state index contributed by atoms with van der Waals surface area (Å²) in [5, 5.41) is 22.0. The van der Waals surface area contributed by atoms with Crippen LogP contribution >= 0.6 is 0 Å². The Balaban J connectivity index is 2.33. The third kappa shape index (κ3) is 2.92. The van der Waals surface area contributed by atoms with E-state index >= 15 is 0 Å². The molecule has 0 aliphatic heterocycles. The van der Waals surface area contributed by atoms with Crippen LogP contribution in [-0.4, -0.2) is 21.5 Å². The lowest BCUT2D eigenvalue weighted by Gasteiger charge is -2.09. The summed E-state index contributed by atoms with van der Waals surface area (Å²) in [5.74, 6) is 0.676. The molecule has 5 heteroatoms. The van der Waals surface area contributed by atoms with Gasteiger partial charge in [-0.25, -0.2) is 0 Å². The lowest BCUT2D eigenvalue weighted by atomic mass is 10.1. The second-order valence-corrected chi connectivity index (χ2v) is 4.00. The van der Waals surface area contributed by atoms with E-state index in [-0.39, 0.29) is 13.2 Å². The molecule has 0 aliphatic carbocycles. The number of aromatic nitrogens is 2. The predicted octanol–water partition coefficient (Wildman–Crippen LogP) is 1.96. The van der Waals surface area contributed by atoms with Crippen molar-refractivity contribution in [3.63, 3.8) is 0 Å². The molecule has 19 heavy (non-hydrogen) atoms. The highest BCUT2D eigenvalue weighted by atomic mass is 16.5. The maximum absolute atomic E-state index is 9.25. The minimum atomic E-state index is -0.0523. The first kappa shape index (κ1) is 13.1. The Morgan fingerprint density at radius 1 is 1.42 bits per heavy atom. The third-order valence-corrected chi connectivity index (χ3v) is 2.74. The molecule has 0 bridgehead atoms. The van der Waals surface area contributed by atoms with Gasteiger partial charge in [0, 0.05) is 17.3 Å². The number of rotatable bonds is 5. The van der Waals surface area contributed by atoms with Crippen LogP contribution in [0.15, 0.2) is 30.6 Å². The Kier molecular flexibility index (Phi) is 4.16. The molecule has 98 valence electrons. The summed E-state index contributed by atoms with van der Waals surface area (Å²) in [4.78, 5) is 0. The molecule has 0 saturated carbocycles. The first-order chi connectivity index (χ1) is 9.28. The van der Waals surface area contributed by atoms with Crippen molar-refractivity contribution in [3.05, 3.63) is 36.2 Å². The predicted molar refractivity (Wildman–Crippen MR) is 70.4 cm³/mol. The summed E-state index contributed by atoms with van der Waals surface area (Å²) < 4.78 is 7.08. The highest BCUT2D eigenvalue weighted by Gasteiger charge is 2.07. The van der Waals surface area contributed by atoms with Crippen LogP contribution in [-0.2, 0) is 13.2 Å². The zero-order valence-electron chi connectivity index (χ0n) is 10.7. The van der Waals surface area contributed by atoms with E-state index in [4.69, 9.17) is 10.00 Å². The van der Waals surface area contributed by atoms with Gasteiger partial charge in [-0.05, 0) is 18.6 Å². The van der Waals surface area contributed by atoms with Crippen molar-refractivity contribution < 1.29 is 9.84 Å². The van der Waals surface area contributed by atoms with Gasteiger partial charge in [0.1, 0.15) is 12.3 Å². The first-order valence-corrected chi connectivity index (χ1v) is 6.04. The monoisotopic (exact) mass is 257 g/mol. The van der Waals surface area contributed by atoms with E-state index in [1.54, 1.807) is 10.9 Å². The molecule has 0 amide bonds. The highest BCUT2D eigenvalue weighted by molar-refractivity contribution is 5.64. The summed E-state index contributed by atoms with van der Waals surface area (Å²) >= 11 is 0. The molecule has 1 aromatic carbocycles. The average molecular weight is 257 g/mol. The number of nitrogens with zero attached hydrogens (tertiary/aromatic N) is 3. The molecule has 0 radical (unpaired) electrons. The molecule has 0 saturated heterocycles. The summed E-state index contributed by atoms with van der Waals surface area (Å²) in [6.45, 7) is 2.62. The molecule has 0 fully saturated rings. The molecule has 1 N–H and O–H groups in total. The smallest absolute Gasteiger partial charge is 0.128 e. The largest absolute Gasteiger partial charge is 0.493 e. The zero-order valence-corrected chi connectivity index (χ0v) is 10.7. The van der Waals surface area contributed by atoms with Gasteiger partial charge >= 0.3 is 0 Å². The van der Waals surface area contributed by atoms with E-state index in [9.17, 15) is 5.11 Å². The lowest BCUT2D eigenvalue weighted by Crippen LogP contribution is -1.97. The molecular weight excluding hydrogens is 242 g/mol. The lowest BCUT2D eigenvalue weighted by molar-refractivity contribution is 0.267. The van der Waals surface area contributed by atoms with Gasteiger partial charge < -0.3 is 9.84 Å². The fourth-order valence-electron chi connectivity index (χ4n) is 1.83. The number of benzene rings is 1. The fraction of sp³-hybridized carbons (Fsp3) is 0.286. The molecule has 1 aromatic heterocycles. The van der Waals surface area contributed by atoms with Gasteiger partial charge in [0.2, 0.25) is 0 Å². The molecule has 1 heterocycles.